The zero-order valence-corrected chi connectivity index (χ0v) is 11.3. The van der Waals surface area contributed by atoms with E-state index in [0.29, 0.717) is 18.2 Å². The molecule has 20 heavy (non-hydrogen) atoms. The molecule has 0 spiro atoms. The van der Waals surface area contributed by atoms with Crippen LogP contribution < -0.4 is 5.32 Å². The molecule has 0 aromatic carbocycles. The number of nitrogens with one attached hydrogen (secondary N) is 1. The molecule has 108 valence electrons. The number of amides is 2. The van der Waals surface area contributed by atoms with Crippen molar-refractivity contribution in [2.45, 2.75) is 6.54 Å². The second-order valence-electron chi connectivity index (χ2n) is 4.09. The van der Waals surface area contributed by atoms with Crippen LogP contribution in [0, 0.1) is 0 Å². The minimum absolute atomic E-state index is 0.0347. The summed E-state index contributed by atoms with van der Waals surface area (Å²) in [6, 6.07) is 0. The zero-order chi connectivity index (χ0) is 14.5. The number of carbonyl (C=O) groups excluding carboxylic acids is 2. The van der Waals surface area contributed by atoms with Gasteiger partial charge in [-0.2, -0.15) is 0 Å². The Morgan fingerprint density at radius 1 is 1.50 bits per heavy atom. The lowest BCUT2D eigenvalue weighted by atomic mass is 10.4. The van der Waals surface area contributed by atoms with Crippen LogP contribution in [-0.4, -0.2) is 67.5 Å². The lowest BCUT2D eigenvalue weighted by Crippen LogP contribution is -2.39. The van der Waals surface area contributed by atoms with Crippen molar-refractivity contribution >= 4 is 29.5 Å². The number of carboxylic acids is 1. The summed E-state index contributed by atoms with van der Waals surface area (Å²) in [6.07, 6.45) is 1.29. The van der Waals surface area contributed by atoms with E-state index in [1.807, 2.05) is 0 Å². The molecule has 0 radical (unpaired) electrons. The summed E-state index contributed by atoms with van der Waals surface area (Å²) in [6.45, 7) is 0.648. The first-order valence-electron chi connectivity index (χ1n) is 5.82. The summed E-state index contributed by atoms with van der Waals surface area (Å²) in [7, 11) is 0. The van der Waals surface area contributed by atoms with Crippen molar-refractivity contribution in [2.24, 2.45) is 0 Å². The first-order valence-corrected chi connectivity index (χ1v) is 6.97. The van der Waals surface area contributed by atoms with E-state index in [1.165, 1.54) is 27.5 Å². The van der Waals surface area contributed by atoms with Crippen molar-refractivity contribution in [3.05, 3.63) is 11.9 Å². The highest BCUT2D eigenvalue weighted by atomic mass is 32.2. The lowest BCUT2D eigenvalue weighted by Gasteiger charge is -2.13. The van der Waals surface area contributed by atoms with Gasteiger partial charge in [0.2, 0.25) is 11.8 Å². The van der Waals surface area contributed by atoms with Gasteiger partial charge in [0.15, 0.2) is 5.69 Å². The van der Waals surface area contributed by atoms with Crippen LogP contribution in [0.5, 0.6) is 0 Å². The zero-order valence-electron chi connectivity index (χ0n) is 10.5. The van der Waals surface area contributed by atoms with Crippen LogP contribution >= 0.6 is 11.8 Å². The number of thioether (sulfide) groups is 1. The molecule has 2 heterocycles. The molecule has 0 unspecified atom stereocenters. The number of nitrogens with zero attached hydrogens (tertiary/aromatic N) is 4. The minimum Gasteiger partial charge on any atom is -0.476 e. The lowest BCUT2D eigenvalue weighted by molar-refractivity contribution is -0.132. The Bertz CT molecular complexity index is 531. The van der Waals surface area contributed by atoms with Crippen LogP contribution in [-0.2, 0) is 16.1 Å². The number of rotatable bonds is 6. The van der Waals surface area contributed by atoms with Gasteiger partial charge in [-0.05, 0) is 0 Å². The number of aromatic nitrogens is 3. The molecule has 2 amide bonds. The third-order valence-corrected chi connectivity index (χ3v) is 3.53. The Morgan fingerprint density at radius 2 is 2.30 bits per heavy atom. The smallest absolute Gasteiger partial charge is 0.358 e. The fourth-order valence-corrected chi connectivity index (χ4v) is 2.49. The van der Waals surface area contributed by atoms with Crippen molar-refractivity contribution < 1.29 is 19.5 Å². The predicted molar refractivity (Wildman–Crippen MR) is 69.0 cm³/mol. The van der Waals surface area contributed by atoms with Gasteiger partial charge in [0.05, 0.1) is 24.4 Å². The van der Waals surface area contributed by atoms with Crippen molar-refractivity contribution in [1.29, 1.82) is 0 Å². The summed E-state index contributed by atoms with van der Waals surface area (Å²) in [4.78, 5) is 35.0. The van der Waals surface area contributed by atoms with Crippen molar-refractivity contribution in [2.75, 3.05) is 24.7 Å². The van der Waals surface area contributed by atoms with Crippen LogP contribution in [0.15, 0.2) is 6.20 Å². The van der Waals surface area contributed by atoms with Crippen LogP contribution in [0.1, 0.15) is 10.5 Å². The first kappa shape index (κ1) is 14.3. The highest BCUT2D eigenvalue weighted by Gasteiger charge is 2.22. The molecule has 1 aliphatic rings. The molecule has 9 nitrogen and oxygen atoms in total. The average molecular weight is 299 g/mol. The van der Waals surface area contributed by atoms with Crippen LogP contribution in [0.2, 0.25) is 0 Å². The van der Waals surface area contributed by atoms with E-state index < -0.39 is 5.97 Å². The maximum Gasteiger partial charge on any atom is 0.358 e. The summed E-state index contributed by atoms with van der Waals surface area (Å²) in [5, 5.41) is 18.4. The van der Waals surface area contributed by atoms with E-state index in [2.05, 4.69) is 15.6 Å². The molecule has 1 fully saturated rings. The number of hydrogen-bond acceptors (Lipinski definition) is 6. The van der Waals surface area contributed by atoms with Gasteiger partial charge in [-0.3, -0.25) is 9.59 Å². The van der Waals surface area contributed by atoms with Gasteiger partial charge in [-0.25, -0.2) is 9.48 Å². The van der Waals surface area contributed by atoms with Gasteiger partial charge in [-0.1, -0.05) is 5.21 Å². The summed E-state index contributed by atoms with van der Waals surface area (Å²) in [5.74, 6) is -0.473. The predicted octanol–water partition coefficient (Wildman–Crippen LogP) is -1.37. The third-order valence-electron chi connectivity index (χ3n) is 2.58. The Balaban J connectivity index is 1.70. The van der Waals surface area contributed by atoms with Crippen LogP contribution in [0.4, 0.5) is 0 Å². The maximum absolute atomic E-state index is 11.6. The summed E-state index contributed by atoms with van der Waals surface area (Å²) >= 11 is 1.48. The van der Waals surface area contributed by atoms with Gasteiger partial charge < -0.3 is 15.3 Å². The van der Waals surface area contributed by atoms with E-state index >= 15 is 0 Å². The monoisotopic (exact) mass is 299 g/mol. The molecule has 1 aliphatic heterocycles. The molecule has 1 saturated heterocycles. The molecule has 0 saturated carbocycles. The Morgan fingerprint density at radius 3 is 2.90 bits per heavy atom. The number of aromatic carboxylic acids is 1. The fourth-order valence-electron chi connectivity index (χ4n) is 1.59. The third kappa shape index (κ3) is 3.70. The Labute approximate surface area is 118 Å². The summed E-state index contributed by atoms with van der Waals surface area (Å²) < 4.78 is 1.33. The van der Waals surface area contributed by atoms with Crippen molar-refractivity contribution in [1.82, 2.24) is 25.2 Å². The molecule has 2 rings (SSSR count). The standard InChI is InChI=1S/C10H13N5O4S/c16-8(4-14-6-20-5-9(14)17)11-1-2-15-3-7(10(18)19)12-13-15/h3H,1-2,4-6H2,(H,11,16)(H,18,19). The largest absolute Gasteiger partial charge is 0.476 e. The molecule has 1 aromatic rings. The van der Waals surface area contributed by atoms with Crippen LogP contribution in [0.25, 0.3) is 0 Å². The Hall–Kier alpha value is -2.10. The topological polar surface area (TPSA) is 117 Å². The second-order valence-corrected chi connectivity index (χ2v) is 5.05. The van der Waals surface area contributed by atoms with E-state index in [0.717, 1.165) is 0 Å². The van der Waals surface area contributed by atoms with Gasteiger partial charge in [0.1, 0.15) is 6.54 Å². The highest BCUT2D eigenvalue weighted by Crippen LogP contribution is 2.13. The first-order chi connectivity index (χ1) is 9.56. The molecule has 1 aromatic heterocycles. The van der Waals surface area contributed by atoms with Gasteiger partial charge in [0, 0.05) is 6.54 Å². The SMILES string of the molecule is O=C(CN1CSCC1=O)NCCn1cc(C(=O)O)nn1. The number of hydrogen-bond donors (Lipinski definition) is 2. The van der Waals surface area contributed by atoms with E-state index in [1.54, 1.807) is 0 Å². The second kappa shape index (κ2) is 6.37. The molecule has 0 atom stereocenters. The maximum atomic E-state index is 11.6. The normalized spacial score (nSPS) is 14.6. The molecule has 0 aliphatic carbocycles. The van der Waals surface area contributed by atoms with Crippen molar-refractivity contribution in [3.63, 3.8) is 0 Å². The summed E-state index contributed by atoms with van der Waals surface area (Å²) in [5.41, 5.74) is -0.143. The molecular formula is C10H13N5O4S. The number of carbonyl (C=O) groups is 3. The van der Waals surface area contributed by atoms with E-state index in [-0.39, 0.29) is 30.6 Å². The molecule has 2 N–H and O–H groups in total. The van der Waals surface area contributed by atoms with E-state index in [4.69, 9.17) is 5.11 Å². The molecular weight excluding hydrogens is 286 g/mol. The minimum atomic E-state index is -1.15. The van der Waals surface area contributed by atoms with Gasteiger partial charge in [-0.15, -0.1) is 16.9 Å². The number of carboxylic acid groups (broad SMARTS) is 1. The van der Waals surface area contributed by atoms with Gasteiger partial charge in [0.25, 0.3) is 0 Å². The van der Waals surface area contributed by atoms with Crippen molar-refractivity contribution in [3.8, 4) is 0 Å². The average Bonchev–Trinajstić information content (AvgIpc) is 3.00. The van der Waals surface area contributed by atoms with Gasteiger partial charge >= 0.3 is 5.97 Å². The highest BCUT2D eigenvalue weighted by molar-refractivity contribution is 8.00. The quantitative estimate of drug-likeness (QED) is 0.665. The fraction of sp³-hybridized carbons (Fsp3) is 0.500. The van der Waals surface area contributed by atoms with Crippen LogP contribution in [0.3, 0.4) is 0 Å². The Kier molecular flexibility index (Phi) is 4.56. The van der Waals surface area contributed by atoms with E-state index in [9.17, 15) is 14.4 Å². The molecule has 0 bridgehead atoms. The molecule has 10 heteroatoms.